The Morgan fingerprint density at radius 3 is 2.71 bits per heavy atom. The van der Waals surface area contributed by atoms with Gasteiger partial charge in [-0.1, -0.05) is 26.8 Å². The van der Waals surface area contributed by atoms with Crippen LogP contribution in [0, 0.1) is 11.2 Å². The third-order valence-corrected chi connectivity index (χ3v) is 8.45. The van der Waals surface area contributed by atoms with Crippen LogP contribution >= 0.6 is 7.82 Å². The third-order valence-electron chi connectivity index (χ3n) is 7.95. The molecule has 1 aliphatic rings. The van der Waals surface area contributed by atoms with Gasteiger partial charge in [-0.15, -0.1) is 0 Å². The minimum Gasteiger partial charge on any atom is -0.493 e. The first-order valence-electron chi connectivity index (χ1n) is 15.6. The Labute approximate surface area is 277 Å². The van der Waals surface area contributed by atoms with E-state index in [4.69, 9.17) is 14.0 Å². The number of fused-ring (bicyclic) bond motifs is 1. The van der Waals surface area contributed by atoms with Crippen LogP contribution in [0.2, 0.25) is 0 Å². The van der Waals surface area contributed by atoms with E-state index in [2.05, 4.69) is 30.6 Å². The monoisotopic (exact) mass is 685 g/mol. The van der Waals surface area contributed by atoms with Crippen LogP contribution in [0.5, 0.6) is 11.5 Å². The Hall–Kier alpha value is -4.14. The molecule has 1 saturated heterocycles. The van der Waals surface area contributed by atoms with Crippen molar-refractivity contribution in [2.24, 2.45) is 5.41 Å². The maximum absolute atomic E-state index is 13.4. The molecule has 16 heteroatoms. The number of nitrogens with zero attached hydrogens (tertiary/aromatic N) is 5. The Balaban J connectivity index is 1.20. The number of rotatable bonds is 14. The fourth-order valence-electron chi connectivity index (χ4n) is 5.88. The molecule has 1 unspecified atom stereocenters. The van der Waals surface area contributed by atoms with E-state index in [-0.39, 0.29) is 18.5 Å². The van der Waals surface area contributed by atoms with Crippen LogP contribution in [0.1, 0.15) is 40.0 Å². The van der Waals surface area contributed by atoms with Crippen LogP contribution in [-0.2, 0) is 20.4 Å². The minimum absolute atomic E-state index is 0.0754. The van der Waals surface area contributed by atoms with Gasteiger partial charge < -0.3 is 29.9 Å². The second kappa shape index (κ2) is 15.0. The molecule has 2 aromatic heterocycles. The molecular weight excluding hydrogens is 644 g/mol. The lowest BCUT2D eigenvalue weighted by molar-refractivity contribution is -0.116. The highest BCUT2D eigenvalue weighted by Gasteiger charge is 2.42. The predicted octanol–water partition coefficient (Wildman–Crippen LogP) is 5.11. The zero-order chi connectivity index (χ0) is 34.5. The number of carbonyl (C=O) groups excluding carboxylic acids is 1. The number of halogens is 1. The number of phosphoric ester groups is 1. The summed E-state index contributed by atoms with van der Waals surface area (Å²) in [7, 11) is -3.10. The zero-order valence-corrected chi connectivity index (χ0v) is 28.2. The molecule has 2 atom stereocenters. The maximum atomic E-state index is 13.4. The van der Waals surface area contributed by atoms with Crippen molar-refractivity contribution in [1.29, 1.82) is 0 Å². The number of likely N-dealkylation sites (tertiary alicyclic amines) is 1. The van der Waals surface area contributed by atoms with Crippen LogP contribution in [-0.4, -0.2) is 79.3 Å². The van der Waals surface area contributed by atoms with E-state index in [1.165, 1.54) is 29.2 Å². The van der Waals surface area contributed by atoms with Gasteiger partial charge in [-0.2, -0.15) is 5.10 Å². The van der Waals surface area contributed by atoms with Crippen molar-refractivity contribution >= 4 is 41.8 Å². The molecule has 1 amide bonds. The van der Waals surface area contributed by atoms with Gasteiger partial charge in [0.25, 0.3) is 0 Å². The summed E-state index contributed by atoms with van der Waals surface area (Å²) in [6.45, 7) is 7.57. The average molecular weight is 686 g/mol. The van der Waals surface area contributed by atoms with Gasteiger partial charge in [-0.25, -0.2) is 18.9 Å². The van der Waals surface area contributed by atoms with Crippen molar-refractivity contribution in [3.8, 4) is 11.5 Å². The number of anilines is 3. The molecule has 48 heavy (non-hydrogen) atoms. The van der Waals surface area contributed by atoms with Crippen LogP contribution in [0.25, 0.3) is 10.9 Å². The standard InChI is InChI=1S/C32H41FN7O7P/c1-32(2,3)30(47-48(42,43)44)26-10-6-11-39(26)12-7-13-46-28-16-25-24(15-27(28)45-4)31(35-20-34-25)38-23-17-36-40(18-23)19-29(41)37-22-9-5-8-21(33)14-22/h5,8-9,14-18,20,26,30H,6-7,10-13,19H2,1-4H3,(H,37,41)(H,34,35,38)(H2,42,43,44)/t26-,30?/m1/s1. The highest BCUT2D eigenvalue weighted by Crippen LogP contribution is 2.45. The number of ether oxygens (including phenoxy) is 2. The first-order valence-corrected chi connectivity index (χ1v) is 17.1. The molecule has 2 aromatic carbocycles. The van der Waals surface area contributed by atoms with Crippen molar-refractivity contribution in [3.63, 3.8) is 0 Å². The summed E-state index contributed by atoms with van der Waals surface area (Å²) in [5, 5.41) is 10.8. The molecule has 0 aliphatic carbocycles. The van der Waals surface area contributed by atoms with Gasteiger partial charge in [-0.05, 0) is 55.5 Å². The number of phosphoric acid groups is 1. The zero-order valence-electron chi connectivity index (χ0n) is 27.3. The topological polar surface area (TPSA) is 173 Å². The summed E-state index contributed by atoms with van der Waals surface area (Å²) in [4.78, 5) is 42.5. The summed E-state index contributed by atoms with van der Waals surface area (Å²) < 4.78 is 43.6. The van der Waals surface area contributed by atoms with E-state index in [1.54, 1.807) is 37.7 Å². The van der Waals surface area contributed by atoms with Crippen LogP contribution < -0.4 is 20.1 Å². The van der Waals surface area contributed by atoms with Gasteiger partial charge in [0.2, 0.25) is 5.91 Å². The fraction of sp³-hybridized carbons (Fsp3) is 0.438. The number of hydrogen-bond donors (Lipinski definition) is 4. The largest absolute Gasteiger partial charge is 0.493 e. The van der Waals surface area contributed by atoms with E-state index in [9.17, 15) is 23.5 Å². The Kier molecular flexibility index (Phi) is 11.0. The summed E-state index contributed by atoms with van der Waals surface area (Å²) >= 11 is 0. The highest BCUT2D eigenvalue weighted by atomic mass is 31.2. The van der Waals surface area contributed by atoms with Crippen molar-refractivity contribution in [3.05, 3.63) is 60.9 Å². The lowest BCUT2D eigenvalue weighted by Gasteiger charge is -2.39. The Morgan fingerprint density at radius 1 is 1.17 bits per heavy atom. The van der Waals surface area contributed by atoms with Gasteiger partial charge in [0.15, 0.2) is 11.5 Å². The molecule has 0 saturated carbocycles. The number of amides is 1. The highest BCUT2D eigenvalue weighted by molar-refractivity contribution is 7.46. The van der Waals surface area contributed by atoms with Crippen molar-refractivity contribution in [2.45, 2.75) is 58.7 Å². The van der Waals surface area contributed by atoms with Gasteiger partial charge in [-0.3, -0.25) is 18.9 Å². The molecule has 0 bridgehead atoms. The second-order valence-electron chi connectivity index (χ2n) is 12.7. The van der Waals surface area contributed by atoms with Gasteiger partial charge >= 0.3 is 7.82 Å². The lowest BCUT2D eigenvalue weighted by atomic mass is 9.84. The molecule has 4 aromatic rings. The molecule has 3 heterocycles. The summed E-state index contributed by atoms with van der Waals surface area (Å²) in [6.07, 6.45) is 6.41. The fourth-order valence-corrected chi connectivity index (χ4v) is 6.63. The molecule has 0 radical (unpaired) electrons. The maximum Gasteiger partial charge on any atom is 0.469 e. The quantitative estimate of drug-likeness (QED) is 0.102. The minimum atomic E-state index is -4.65. The number of nitrogens with one attached hydrogen (secondary N) is 2. The summed E-state index contributed by atoms with van der Waals surface area (Å²) in [5.74, 6) is 0.707. The molecular formula is C32H41FN7O7P. The number of carbonyl (C=O) groups is 1. The molecule has 5 rings (SSSR count). The number of hydrogen-bond acceptors (Lipinski definition) is 10. The van der Waals surface area contributed by atoms with Crippen molar-refractivity contribution < 1.29 is 37.5 Å². The van der Waals surface area contributed by atoms with E-state index in [0.29, 0.717) is 59.2 Å². The number of aromatic nitrogens is 4. The molecule has 14 nitrogen and oxygen atoms in total. The van der Waals surface area contributed by atoms with E-state index in [0.717, 1.165) is 19.4 Å². The van der Waals surface area contributed by atoms with E-state index in [1.807, 2.05) is 20.8 Å². The predicted molar refractivity (Wildman–Crippen MR) is 178 cm³/mol. The SMILES string of the molecule is COc1cc2c(Nc3cnn(CC(=O)Nc4cccc(F)c4)c3)ncnc2cc1OCCCN1CCC[C@@H]1C(OP(=O)(O)O)C(C)(C)C. The number of benzene rings is 2. The van der Waals surface area contributed by atoms with Gasteiger partial charge in [0.05, 0.1) is 37.2 Å². The average Bonchev–Trinajstić information content (AvgIpc) is 3.66. The van der Waals surface area contributed by atoms with E-state index >= 15 is 0 Å². The van der Waals surface area contributed by atoms with Crippen molar-refractivity contribution in [1.82, 2.24) is 24.6 Å². The number of methoxy groups -OCH3 is 1. The first kappa shape index (κ1) is 35.2. The summed E-state index contributed by atoms with van der Waals surface area (Å²) in [6, 6.07) is 9.11. The first-order chi connectivity index (χ1) is 22.8. The van der Waals surface area contributed by atoms with Crippen LogP contribution in [0.4, 0.5) is 21.6 Å². The Morgan fingerprint density at radius 2 is 1.98 bits per heavy atom. The Bertz CT molecular complexity index is 1780. The van der Waals surface area contributed by atoms with Gasteiger partial charge in [0.1, 0.15) is 24.5 Å². The molecule has 258 valence electrons. The molecule has 1 aliphatic heterocycles. The normalized spacial score (nSPS) is 16.2. The molecule has 1 fully saturated rings. The smallest absolute Gasteiger partial charge is 0.469 e. The van der Waals surface area contributed by atoms with E-state index < -0.39 is 25.2 Å². The molecule has 0 spiro atoms. The van der Waals surface area contributed by atoms with Crippen LogP contribution in [0.15, 0.2) is 55.1 Å². The lowest BCUT2D eigenvalue weighted by Crippen LogP contribution is -2.47. The summed E-state index contributed by atoms with van der Waals surface area (Å²) in [5.41, 5.74) is 1.11. The van der Waals surface area contributed by atoms with Crippen LogP contribution in [0.3, 0.4) is 0 Å². The molecule has 4 N–H and O–H groups in total. The second-order valence-corrected chi connectivity index (χ2v) is 13.9. The van der Waals surface area contributed by atoms with Crippen molar-refractivity contribution in [2.75, 3.05) is 37.4 Å². The third kappa shape index (κ3) is 9.26. The van der Waals surface area contributed by atoms with Gasteiger partial charge in [0, 0.05) is 35.9 Å².